The summed E-state index contributed by atoms with van der Waals surface area (Å²) in [6.07, 6.45) is 11.2. The number of rotatable bonds is 7. The molecular weight excluding hydrogens is 540 g/mol. The first-order chi connectivity index (χ1) is 19.8. The molecule has 0 unspecified atom stereocenters. The Morgan fingerprint density at radius 2 is 1.83 bits per heavy atom. The second-order valence-corrected chi connectivity index (χ2v) is 13.3. The van der Waals surface area contributed by atoms with Gasteiger partial charge >= 0.3 is 0 Å². The summed E-state index contributed by atoms with van der Waals surface area (Å²) in [6, 6.07) is 6.24. The van der Waals surface area contributed by atoms with E-state index in [1.807, 2.05) is 12.2 Å². The largest absolute Gasteiger partial charge is 0.359 e. The maximum Gasteiger partial charge on any atom is 0.246 e. The van der Waals surface area contributed by atoms with Crippen LogP contribution in [0.5, 0.6) is 0 Å². The molecule has 1 spiro atoms. The number of halogens is 1. The van der Waals surface area contributed by atoms with Gasteiger partial charge in [-0.1, -0.05) is 69.4 Å². The number of nitrogens with one attached hydrogen (secondary N) is 2. The van der Waals surface area contributed by atoms with Crippen LogP contribution < -0.4 is 10.6 Å². The van der Waals surface area contributed by atoms with Crippen molar-refractivity contribution in [2.24, 2.45) is 23.7 Å². The average molecular weight is 583 g/mol. The second kappa shape index (κ2) is 11.7. The van der Waals surface area contributed by atoms with Crippen molar-refractivity contribution in [2.45, 2.75) is 82.6 Å². The summed E-state index contributed by atoms with van der Waals surface area (Å²) in [5.41, 5.74) is -0.578. The van der Waals surface area contributed by atoms with Gasteiger partial charge in [0.25, 0.3) is 0 Å². The molecule has 4 heterocycles. The molecule has 3 amide bonds. The molecule has 5 aliphatic rings. The highest BCUT2D eigenvalue weighted by Gasteiger charge is 2.72. The molecule has 1 saturated carbocycles. The van der Waals surface area contributed by atoms with Crippen LogP contribution in [0.1, 0.15) is 58.8 Å². The van der Waals surface area contributed by atoms with Crippen LogP contribution >= 0.6 is 11.6 Å². The van der Waals surface area contributed by atoms with Crippen molar-refractivity contribution in [3.05, 3.63) is 41.4 Å². The molecule has 2 N–H and O–H groups in total. The number of likely N-dealkylation sites (tertiary alicyclic amines) is 2. The fourth-order valence-electron chi connectivity index (χ4n) is 7.96. The van der Waals surface area contributed by atoms with Gasteiger partial charge in [0.05, 0.1) is 17.9 Å². The number of carbonyl (C=O) groups excluding carboxylic acids is 3. The molecule has 0 aromatic heterocycles. The minimum atomic E-state index is -1.15. The molecule has 8 atom stereocenters. The third-order valence-electron chi connectivity index (χ3n) is 10.4. The highest BCUT2D eigenvalue weighted by Crippen LogP contribution is 2.55. The minimum Gasteiger partial charge on any atom is -0.359 e. The molecule has 1 aromatic carbocycles. The van der Waals surface area contributed by atoms with Gasteiger partial charge in [0.1, 0.15) is 11.6 Å². The number of hydrogen-bond acceptors (Lipinski definition) is 5. The molecule has 222 valence electrons. The van der Waals surface area contributed by atoms with E-state index in [0.29, 0.717) is 35.6 Å². The Balaban J connectivity index is 1.27. The summed E-state index contributed by atoms with van der Waals surface area (Å²) in [7, 11) is 0. The van der Waals surface area contributed by atoms with Crippen LogP contribution in [0, 0.1) is 23.7 Å². The van der Waals surface area contributed by atoms with Gasteiger partial charge in [-0.2, -0.15) is 0 Å². The average Bonchev–Trinajstić information content (AvgIpc) is 3.49. The number of hydrogen-bond donors (Lipinski definition) is 2. The Morgan fingerprint density at radius 1 is 1.05 bits per heavy atom. The number of fused-ring (bicyclic) bond motifs is 1. The molecule has 6 rings (SSSR count). The Morgan fingerprint density at radius 3 is 2.59 bits per heavy atom. The fraction of sp³-hybridized carbons (Fsp3) is 0.656. The SMILES string of the molecule is C[C@@H]1[C@H](C)CCC[C@@H]1NC(=O)[C@@H]1N(CCN2CCCCCC2)C(=O)[C@@H]2[C@H](C(=O)Nc3cccc(Cl)c3)[C@@H]3C=C[C@]21O3. The maximum absolute atomic E-state index is 14.3. The first-order valence-corrected chi connectivity index (χ1v) is 15.9. The summed E-state index contributed by atoms with van der Waals surface area (Å²) in [4.78, 5) is 46.3. The molecule has 9 heteroatoms. The lowest BCUT2D eigenvalue weighted by molar-refractivity contribution is -0.141. The van der Waals surface area contributed by atoms with Gasteiger partial charge in [0.15, 0.2) is 0 Å². The van der Waals surface area contributed by atoms with Crippen LogP contribution in [0.15, 0.2) is 36.4 Å². The third kappa shape index (κ3) is 5.32. The van der Waals surface area contributed by atoms with E-state index >= 15 is 0 Å². The lowest BCUT2D eigenvalue weighted by Crippen LogP contribution is -2.58. The molecular formula is C32H43ClN4O4. The highest BCUT2D eigenvalue weighted by molar-refractivity contribution is 6.30. The van der Waals surface area contributed by atoms with Gasteiger partial charge in [-0.05, 0) is 62.4 Å². The molecule has 4 aliphatic heterocycles. The minimum absolute atomic E-state index is 0.0637. The van der Waals surface area contributed by atoms with Crippen LogP contribution in [-0.4, -0.2) is 77.5 Å². The Hall–Kier alpha value is -2.42. The van der Waals surface area contributed by atoms with E-state index in [1.165, 1.54) is 19.3 Å². The number of carbonyl (C=O) groups is 3. The van der Waals surface area contributed by atoms with E-state index in [1.54, 1.807) is 29.2 Å². The number of nitrogens with zero attached hydrogens (tertiary/aromatic N) is 2. The predicted molar refractivity (Wildman–Crippen MR) is 158 cm³/mol. The molecule has 4 fully saturated rings. The van der Waals surface area contributed by atoms with Crippen LogP contribution in [0.3, 0.4) is 0 Å². The predicted octanol–water partition coefficient (Wildman–Crippen LogP) is 4.25. The maximum atomic E-state index is 14.3. The molecule has 3 saturated heterocycles. The van der Waals surface area contributed by atoms with Crippen molar-refractivity contribution in [2.75, 3.05) is 31.5 Å². The van der Waals surface area contributed by atoms with Gasteiger partial charge in [0, 0.05) is 29.8 Å². The van der Waals surface area contributed by atoms with Gasteiger partial charge in [0.2, 0.25) is 17.7 Å². The Bertz CT molecular complexity index is 1200. The Kier molecular flexibility index (Phi) is 8.18. The zero-order chi connectivity index (χ0) is 28.7. The van der Waals surface area contributed by atoms with Gasteiger partial charge in [-0.3, -0.25) is 14.4 Å². The van der Waals surface area contributed by atoms with E-state index < -0.39 is 29.6 Å². The zero-order valence-electron chi connectivity index (χ0n) is 24.2. The first-order valence-electron chi connectivity index (χ1n) is 15.6. The third-order valence-corrected chi connectivity index (χ3v) is 10.6. The number of amides is 3. The van der Waals surface area contributed by atoms with Crippen molar-refractivity contribution in [1.29, 1.82) is 0 Å². The first kappa shape index (κ1) is 28.7. The molecule has 8 nitrogen and oxygen atoms in total. The van der Waals surface area contributed by atoms with E-state index in [4.69, 9.17) is 16.3 Å². The topological polar surface area (TPSA) is 91.0 Å². The van der Waals surface area contributed by atoms with E-state index in [9.17, 15) is 14.4 Å². The van der Waals surface area contributed by atoms with Crippen molar-refractivity contribution in [3.8, 4) is 0 Å². The molecule has 1 aromatic rings. The summed E-state index contributed by atoms with van der Waals surface area (Å²) < 4.78 is 6.53. The molecule has 41 heavy (non-hydrogen) atoms. The molecule has 0 radical (unpaired) electrons. The Labute approximate surface area is 248 Å². The lowest BCUT2D eigenvalue weighted by Gasteiger charge is -2.38. The quantitative estimate of drug-likeness (QED) is 0.469. The van der Waals surface area contributed by atoms with Crippen LogP contribution in [0.4, 0.5) is 5.69 Å². The van der Waals surface area contributed by atoms with Crippen LogP contribution in [0.2, 0.25) is 5.02 Å². The van der Waals surface area contributed by atoms with Gasteiger partial charge in [-0.25, -0.2) is 0 Å². The lowest BCUT2D eigenvalue weighted by atomic mass is 9.73. The second-order valence-electron chi connectivity index (χ2n) is 12.9. The van der Waals surface area contributed by atoms with Crippen molar-refractivity contribution in [1.82, 2.24) is 15.1 Å². The van der Waals surface area contributed by atoms with E-state index in [2.05, 4.69) is 29.4 Å². The summed E-state index contributed by atoms with van der Waals surface area (Å²) in [5.74, 6) is -1.20. The summed E-state index contributed by atoms with van der Waals surface area (Å²) in [6.45, 7) is 7.62. The fourth-order valence-corrected chi connectivity index (χ4v) is 8.15. The number of anilines is 1. The monoisotopic (exact) mass is 582 g/mol. The van der Waals surface area contributed by atoms with E-state index in [-0.39, 0.29) is 23.8 Å². The highest BCUT2D eigenvalue weighted by atomic mass is 35.5. The summed E-state index contributed by atoms with van der Waals surface area (Å²) in [5, 5.41) is 6.81. The smallest absolute Gasteiger partial charge is 0.246 e. The normalized spacial score (nSPS) is 36.7. The molecule has 1 aliphatic carbocycles. The number of ether oxygens (including phenoxy) is 1. The molecule has 2 bridgehead atoms. The van der Waals surface area contributed by atoms with E-state index in [0.717, 1.165) is 38.8 Å². The zero-order valence-corrected chi connectivity index (χ0v) is 24.9. The van der Waals surface area contributed by atoms with Crippen molar-refractivity contribution >= 4 is 35.0 Å². The van der Waals surface area contributed by atoms with Crippen LogP contribution in [-0.2, 0) is 19.1 Å². The number of benzene rings is 1. The van der Waals surface area contributed by atoms with Crippen LogP contribution in [0.25, 0.3) is 0 Å². The van der Waals surface area contributed by atoms with Gasteiger partial charge < -0.3 is 25.2 Å². The van der Waals surface area contributed by atoms with Crippen molar-refractivity contribution in [3.63, 3.8) is 0 Å². The standard InChI is InChI=1S/C32H43ClN4O4/c1-20-9-7-12-24(21(20)2)35-30(39)28-32-14-13-25(41-32)26(29(38)34-23-11-8-10-22(33)19-23)27(32)31(40)37(28)18-17-36-15-5-3-4-6-16-36/h8,10-11,13-14,19-21,24-28H,3-7,9,12,15-18H2,1-2H3,(H,34,38)(H,35,39)/t20-,21-,24+,25+,26-,27+,28+,32+/m1/s1. The summed E-state index contributed by atoms with van der Waals surface area (Å²) >= 11 is 6.15. The van der Waals surface area contributed by atoms with Gasteiger partial charge in [-0.15, -0.1) is 0 Å². The van der Waals surface area contributed by atoms with Crippen molar-refractivity contribution < 1.29 is 19.1 Å².